The van der Waals surface area contributed by atoms with E-state index in [1.165, 1.54) is 4.31 Å². The Bertz CT molecular complexity index is 248. The Kier molecular flexibility index (Phi) is 5.09. The maximum Gasteiger partial charge on any atom is 0.214 e. The standard InChI is InChI=1S/C10H23NO2S/c1-6-11(7-2)14(12,13)9-8-10(3,4)5/h6-9H2,1-5H3. The van der Waals surface area contributed by atoms with Gasteiger partial charge >= 0.3 is 0 Å². The highest BCUT2D eigenvalue weighted by molar-refractivity contribution is 7.89. The highest BCUT2D eigenvalue weighted by atomic mass is 32.2. The first-order valence-electron chi connectivity index (χ1n) is 5.20. The Balaban J connectivity index is 4.35. The van der Waals surface area contributed by atoms with Gasteiger partial charge in [0.1, 0.15) is 0 Å². The fraction of sp³-hybridized carbons (Fsp3) is 1.00. The molecule has 0 aliphatic heterocycles. The van der Waals surface area contributed by atoms with Crippen molar-refractivity contribution < 1.29 is 8.42 Å². The average molecular weight is 221 g/mol. The second kappa shape index (κ2) is 5.12. The predicted octanol–water partition coefficient (Wildman–Crippen LogP) is 2.09. The van der Waals surface area contributed by atoms with Crippen molar-refractivity contribution in [3.63, 3.8) is 0 Å². The minimum absolute atomic E-state index is 0.0836. The van der Waals surface area contributed by atoms with E-state index in [4.69, 9.17) is 0 Å². The van der Waals surface area contributed by atoms with Crippen LogP contribution >= 0.6 is 0 Å². The van der Waals surface area contributed by atoms with Gasteiger partial charge in [0, 0.05) is 13.1 Å². The van der Waals surface area contributed by atoms with Gasteiger partial charge in [0.15, 0.2) is 0 Å². The molecule has 3 nitrogen and oxygen atoms in total. The average Bonchev–Trinajstić information content (AvgIpc) is 2.02. The van der Waals surface area contributed by atoms with Crippen molar-refractivity contribution in [3.8, 4) is 0 Å². The first kappa shape index (κ1) is 13.9. The van der Waals surface area contributed by atoms with Crippen LogP contribution in [0.25, 0.3) is 0 Å². The third-order valence-electron chi connectivity index (χ3n) is 2.21. The zero-order valence-electron chi connectivity index (χ0n) is 10.0. The smallest absolute Gasteiger partial charge is 0.212 e. The van der Waals surface area contributed by atoms with Crippen molar-refractivity contribution in [1.82, 2.24) is 4.31 Å². The molecule has 0 aromatic rings. The van der Waals surface area contributed by atoms with E-state index in [-0.39, 0.29) is 11.2 Å². The van der Waals surface area contributed by atoms with Crippen LogP contribution in [-0.2, 0) is 10.0 Å². The zero-order valence-corrected chi connectivity index (χ0v) is 10.8. The van der Waals surface area contributed by atoms with Crippen LogP contribution in [0, 0.1) is 5.41 Å². The molecule has 86 valence electrons. The number of rotatable bonds is 5. The molecule has 0 saturated heterocycles. The van der Waals surface area contributed by atoms with Crippen LogP contribution in [0.15, 0.2) is 0 Å². The second-order valence-electron chi connectivity index (χ2n) is 4.71. The first-order chi connectivity index (χ1) is 6.23. The molecule has 0 unspecified atom stereocenters. The summed E-state index contributed by atoms with van der Waals surface area (Å²) in [4.78, 5) is 0. The molecule has 0 bridgehead atoms. The van der Waals surface area contributed by atoms with E-state index in [1.807, 2.05) is 13.8 Å². The van der Waals surface area contributed by atoms with Crippen LogP contribution in [0.2, 0.25) is 0 Å². The molecule has 0 fully saturated rings. The molecule has 0 atom stereocenters. The van der Waals surface area contributed by atoms with Gasteiger partial charge in [0.05, 0.1) is 5.75 Å². The van der Waals surface area contributed by atoms with Crippen molar-refractivity contribution >= 4 is 10.0 Å². The van der Waals surface area contributed by atoms with Gasteiger partial charge in [-0.15, -0.1) is 0 Å². The van der Waals surface area contributed by atoms with Gasteiger partial charge in [-0.05, 0) is 11.8 Å². The lowest BCUT2D eigenvalue weighted by atomic mass is 9.94. The Hall–Kier alpha value is -0.0900. The quantitative estimate of drug-likeness (QED) is 0.713. The maximum atomic E-state index is 11.8. The van der Waals surface area contributed by atoms with Gasteiger partial charge in [-0.1, -0.05) is 34.6 Å². The molecule has 0 N–H and O–H groups in total. The zero-order chi connectivity index (χ0) is 11.4. The van der Waals surface area contributed by atoms with Crippen LogP contribution in [0.1, 0.15) is 41.0 Å². The number of hydrogen-bond donors (Lipinski definition) is 0. The van der Waals surface area contributed by atoms with Crippen molar-refractivity contribution in [3.05, 3.63) is 0 Å². The van der Waals surface area contributed by atoms with Crippen LogP contribution in [0.3, 0.4) is 0 Å². The molecule has 4 heteroatoms. The summed E-state index contributed by atoms with van der Waals surface area (Å²) in [6, 6.07) is 0. The van der Waals surface area contributed by atoms with Crippen LogP contribution in [0.5, 0.6) is 0 Å². The summed E-state index contributed by atoms with van der Waals surface area (Å²) in [6.45, 7) is 11.1. The third kappa shape index (κ3) is 4.96. The Morgan fingerprint density at radius 3 is 1.79 bits per heavy atom. The van der Waals surface area contributed by atoms with Gasteiger partial charge in [-0.2, -0.15) is 0 Å². The molecule has 0 aliphatic carbocycles. The van der Waals surface area contributed by atoms with E-state index in [9.17, 15) is 8.42 Å². The number of sulfonamides is 1. The molecule has 0 radical (unpaired) electrons. The molecule has 0 heterocycles. The van der Waals surface area contributed by atoms with Gasteiger partial charge in [-0.25, -0.2) is 12.7 Å². The van der Waals surface area contributed by atoms with Crippen molar-refractivity contribution in [2.75, 3.05) is 18.8 Å². The molecule has 0 aromatic heterocycles. The van der Waals surface area contributed by atoms with Crippen LogP contribution < -0.4 is 0 Å². The van der Waals surface area contributed by atoms with E-state index in [0.29, 0.717) is 19.5 Å². The summed E-state index contributed by atoms with van der Waals surface area (Å²) in [7, 11) is -3.02. The minimum atomic E-state index is -3.02. The molecule has 0 rings (SSSR count). The fourth-order valence-corrected chi connectivity index (χ4v) is 3.10. The van der Waals surface area contributed by atoms with Crippen LogP contribution in [0.4, 0.5) is 0 Å². The number of hydrogen-bond acceptors (Lipinski definition) is 2. The molecule has 14 heavy (non-hydrogen) atoms. The maximum absolute atomic E-state index is 11.8. The van der Waals surface area contributed by atoms with Crippen molar-refractivity contribution in [1.29, 1.82) is 0 Å². The predicted molar refractivity (Wildman–Crippen MR) is 60.8 cm³/mol. The van der Waals surface area contributed by atoms with Crippen molar-refractivity contribution in [2.45, 2.75) is 41.0 Å². The third-order valence-corrected chi connectivity index (χ3v) is 4.23. The van der Waals surface area contributed by atoms with Crippen LogP contribution in [-0.4, -0.2) is 31.6 Å². The SMILES string of the molecule is CCN(CC)S(=O)(=O)CCC(C)(C)C. The van der Waals surface area contributed by atoms with E-state index in [2.05, 4.69) is 20.8 Å². The lowest BCUT2D eigenvalue weighted by Gasteiger charge is -2.22. The lowest BCUT2D eigenvalue weighted by Crippen LogP contribution is -2.33. The lowest BCUT2D eigenvalue weighted by molar-refractivity contribution is 0.385. The molecule has 0 saturated carbocycles. The van der Waals surface area contributed by atoms with E-state index >= 15 is 0 Å². The normalized spacial score (nSPS) is 13.6. The van der Waals surface area contributed by atoms with Gasteiger partial charge in [-0.3, -0.25) is 0 Å². The summed E-state index contributed by atoms with van der Waals surface area (Å²) in [5.74, 6) is 0.262. The van der Waals surface area contributed by atoms with E-state index < -0.39 is 10.0 Å². The molecular formula is C10H23NO2S. The summed E-state index contributed by atoms with van der Waals surface area (Å²) < 4.78 is 25.1. The topological polar surface area (TPSA) is 37.4 Å². The largest absolute Gasteiger partial charge is 0.214 e. The first-order valence-corrected chi connectivity index (χ1v) is 6.81. The van der Waals surface area contributed by atoms with Gasteiger partial charge in [0.25, 0.3) is 0 Å². The highest BCUT2D eigenvalue weighted by Crippen LogP contribution is 2.20. The van der Waals surface area contributed by atoms with Gasteiger partial charge in [0.2, 0.25) is 10.0 Å². The summed E-state index contributed by atoms with van der Waals surface area (Å²) in [5, 5.41) is 0. The Morgan fingerprint density at radius 1 is 1.07 bits per heavy atom. The molecule has 0 amide bonds. The fourth-order valence-electron chi connectivity index (χ4n) is 1.18. The Morgan fingerprint density at radius 2 is 1.50 bits per heavy atom. The van der Waals surface area contributed by atoms with Gasteiger partial charge < -0.3 is 0 Å². The molecular weight excluding hydrogens is 198 g/mol. The second-order valence-corrected chi connectivity index (χ2v) is 6.80. The molecule has 0 aliphatic rings. The minimum Gasteiger partial charge on any atom is -0.212 e. The van der Waals surface area contributed by atoms with E-state index in [1.54, 1.807) is 0 Å². The summed E-state index contributed by atoms with van der Waals surface area (Å²) in [6.07, 6.45) is 0.714. The Labute approximate surface area is 88.5 Å². The number of nitrogens with zero attached hydrogens (tertiary/aromatic N) is 1. The highest BCUT2D eigenvalue weighted by Gasteiger charge is 2.21. The summed E-state index contributed by atoms with van der Waals surface area (Å²) >= 11 is 0. The van der Waals surface area contributed by atoms with E-state index in [0.717, 1.165) is 0 Å². The molecule has 0 spiro atoms. The van der Waals surface area contributed by atoms with Crippen molar-refractivity contribution in [2.24, 2.45) is 5.41 Å². The monoisotopic (exact) mass is 221 g/mol. The summed E-state index contributed by atoms with van der Waals surface area (Å²) in [5.41, 5.74) is 0.0836. The molecule has 0 aromatic carbocycles.